The van der Waals surface area contributed by atoms with E-state index in [0.29, 0.717) is 43.0 Å². The number of carbonyl (C=O) groups is 6. The fraction of sp³-hybridized carbons (Fsp3) is 0.600. The number of amides is 4. The number of esters is 2. The Labute approximate surface area is 420 Å². The Morgan fingerprint density at radius 3 is 2.36 bits per heavy atom. The van der Waals surface area contributed by atoms with E-state index in [-0.39, 0.29) is 66.6 Å². The molecule has 0 saturated carbocycles. The molecule has 1 unspecified atom stereocenters. The Kier molecular flexibility index (Phi) is 23.8. The number of phenols is 1. The van der Waals surface area contributed by atoms with Gasteiger partial charge in [0.15, 0.2) is 12.8 Å². The summed E-state index contributed by atoms with van der Waals surface area (Å²) in [6, 6.07) is 9.86. The molecule has 1 aliphatic heterocycles. The number of rotatable bonds is 27. The highest BCUT2D eigenvalue weighted by Gasteiger charge is 2.39. The first-order chi connectivity index (χ1) is 32.9. The monoisotopic (exact) mass is 1010 g/mol. The van der Waals surface area contributed by atoms with Gasteiger partial charge in [0.1, 0.15) is 27.5 Å². The molecule has 3 heterocycles. The van der Waals surface area contributed by atoms with Crippen LogP contribution in [0, 0.1) is 23.7 Å². The molecule has 4 amide bonds. The van der Waals surface area contributed by atoms with E-state index in [0.717, 1.165) is 41.3 Å². The van der Waals surface area contributed by atoms with E-state index in [1.165, 1.54) is 22.6 Å². The van der Waals surface area contributed by atoms with Crippen molar-refractivity contribution < 1.29 is 43.3 Å². The number of benzene rings is 1. The van der Waals surface area contributed by atoms with E-state index in [1.54, 1.807) is 46.6 Å². The number of carbonyl (C=O) groups excluding carboxylic acids is 6. The fourth-order valence-corrected chi connectivity index (χ4v) is 10.7. The van der Waals surface area contributed by atoms with E-state index in [4.69, 9.17) is 9.47 Å². The molecular formula is C50H73N7O9S3. The molecular weight excluding hydrogens is 939 g/mol. The molecule has 4 rings (SSSR count). The van der Waals surface area contributed by atoms with Gasteiger partial charge in [-0.3, -0.25) is 33.7 Å². The van der Waals surface area contributed by atoms with Gasteiger partial charge in [-0.1, -0.05) is 90.3 Å². The van der Waals surface area contributed by atoms with Crippen LogP contribution in [-0.4, -0.2) is 117 Å². The van der Waals surface area contributed by atoms with Crippen LogP contribution in [0.25, 0.3) is 0 Å². The smallest absolute Gasteiger partial charge is 0.307 e. The Bertz CT molecular complexity index is 2110. The first-order valence-electron chi connectivity index (χ1n) is 24.0. The summed E-state index contributed by atoms with van der Waals surface area (Å²) in [5, 5.41) is 21.9. The normalized spacial score (nSPS) is 16.7. The molecule has 1 fully saturated rings. The third-order valence-corrected chi connectivity index (χ3v) is 15.3. The number of aromatic hydroxyl groups is 1. The first kappa shape index (κ1) is 56.9. The molecule has 380 valence electrons. The summed E-state index contributed by atoms with van der Waals surface area (Å²) >= 11 is 1.13. The van der Waals surface area contributed by atoms with Crippen molar-refractivity contribution in [2.45, 2.75) is 142 Å². The van der Waals surface area contributed by atoms with E-state index in [1.807, 2.05) is 78.6 Å². The second-order valence-corrected chi connectivity index (χ2v) is 22.0. The Hall–Kier alpha value is -4.72. The molecule has 0 radical (unpaired) electrons. The van der Waals surface area contributed by atoms with Gasteiger partial charge < -0.3 is 35.4 Å². The molecule has 1 saturated heterocycles. The second-order valence-electron chi connectivity index (χ2n) is 18.7. The van der Waals surface area contributed by atoms with E-state index >= 15 is 0 Å². The highest BCUT2D eigenvalue weighted by Crippen LogP contribution is 2.32. The van der Waals surface area contributed by atoms with Crippen LogP contribution >= 0.6 is 32.9 Å². The van der Waals surface area contributed by atoms with Crippen LogP contribution in [0.2, 0.25) is 0 Å². The summed E-state index contributed by atoms with van der Waals surface area (Å²) in [6.45, 7) is 15.4. The zero-order chi connectivity index (χ0) is 50.6. The average Bonchev–Trinajstić information content (AvgIpc) is 3.81. The summed E-state index contributed by atoms with van der Waals surface area (Å²) in [5.74, 6) is -2.60. The van der Waals surface area contributed by atoms with Crippen LogP contribution in [0.3, 0.4) is 0 Å². The number of pyridine rings is 1. The van der Waals surface area contributed by atoms with Crippen molar-refractivity contribution in [2.75, 3.05) is 32.6 Å². The van der Waals surface area contributed by atoms with Crippen LogP contribution in [-0.2, 0) is 39.9 Å². The summed E-state index contributed by atoms with van der Waals surface area (Å²) < 4.78 is 11.7. The third-order valence-electron chi connectivity index (χ3n) is 12.1. The predicted octanol–water partition coefficient (Wildman–Crippen LogP) is 7.58. The lowest BCUT2D eigenvalue weighted by atomic mass is 9.92. The van der Waals surface area contributed by atoms with Crippen molar-refractivity contribution in [1.29, 1.82) is 0 Å². The molecule has 1 aliphatic rings. The van der Waals surface area contributed by atoms with Crippen LogP contribution in [0.5, 0.6) is 5.75 Å². The number of thiazole rings is 1. The number of likely N-dealkylation sites (N-methyl/N-ethyl adjacent to an activating group) is 1. The van der Waals surface area contributed by atoms with E-state index in [2.05, 4.69) is 25.9 Å². The quantitative estimate of drug-likeness (QED) is 0.0251. The Balaban J connectivity index is 1.56. The van der Waals surface area contributed by atoms with Gasteiger partial charge in [0, 0.05) is 61.6 Å². The lowest BCUT2D eigenvalue weighted by Crippen LogP contribution is -2.59. The molecule has 7 atom stereocenters. The summed E-state index contributed by atoms with van der Waals surface area (Å²) in [4.78, 5) is 94.3. The fourth-order valence-electron chi connectivity index (χ4n) is 8.08. The number of aromatic nitrogens is 2. The Morgan fingerprint density at radius 2 is 1.72 bits per heavy atom. The van der Waals surface area contributed by atoms with Gasteiger partial charge >= 0.3 is 11.9 Å². The predicted molar refractivity (Wildman–Crippen MR) is 271 cm³/mol. The number of piperidine rings is 1. The van der Waals surface area contributed by atoms with Gasteiger partial charge in [-0.15, -0.1) is 11.3 Å². The SMILES string of the molecule is CCC(C)[C@H](NC(=O)[C@H]1CCCCN1C)C(=O)N(COC(=O)CC(C)C)[C@H](C[C@@H](OC(C)=O)c1nc(C(=O)N[C@@H](Cc2ccc(O)cc2)C[C@H](C)C(=O)NCCSSc2ccccn2)cs1)C(C)C. The minimum Gasteiger partial charge on any atom is -0.508 e. The van der Waals surface area contributed by atoms with E-state index < -0.39 is 53.9 Å². The lowest BCUT2D eigenvalue weighted by molar-refractivity contribution is -0.161. The van der Waals surface area contributed by atoms with Gasteiger partial charge in [0.2, 0.25) is 17.7 Å². The molecule has 0 aliphatic carbocycles. The van der Waals surface area contributed by atoms with Crippen LogP contribution in [0.1, 0.15) is 127 Å². The molecule has 69 heavy (non-hydrogen) atoms. The van der Waals surface area contributed by atoms with Crippen molar-refractivity contribution in [3.63, 3.8) is 0 Å². The van der Waals surface area contributed by atoms with Gasteiger partial charge in [-0.05, 0) is 97.7 Å². The average molecular weight is 1010 g/mol. The van der Waals surface area contributed by atoms with Crippen molar-refractivity contribution in [1.82, 2.24) is 35.7 Å². The standard InChI is InChI=1S/C50H73N7O9S3/c1-10-33(6)45(55-48(63)40-15-12-14-23-56(40)9)50(64)57(30-65-44(60)25-31(2)3)41(32(4)5)28-42(66-35(8)58)49-54-39(29-67-49)47(62)53-37(27-36-17-19-38(59)20-18-36)26-34(7)46(61)52-22-24-68-69-43-16-11-13-21-51-43/h11,13,16-21,29,31-34,37,40-42,45,59H,10,12,14-15,22-28,30H2,1-9H3,(H,52,61)(H,53,62)(H,55,63)/t33?,34-,37+,40+,41+,42+,45-/m0/s1. The van der Waals surface area contributed by atoms with Crippen LogP contribution in [0.15, 0.2) is 59.1 Å². The third kappa shape index (κ3) is 18.8. The number of nitrogens with one attached hydrogen (secondary N) is 3. The van der Waals surface area contributed by atoms with Gasteiger partial charge in [0.05, 0.1) is 6.04 Å². The number of ether oxygens (including phenoxy) is 2. The topological polar surface area (TPSA) is 209 Å². The molecule has 1 aromatic carbocycles. The zero-order valence-electron chi connectivity index (χ0n) is 41.6. The van der Waals surface area contributed by atoms with Gasteiger partial charge in [-0.25, -0.2) is 9.97 Å². The lowest BCUT2D eigenvalue weighted by Gasteiger charge is -2.39. The number of phenolic OH excluding ortho intramolecular Hbond substituents is 1. The van der Waals surface area contributed by atoms with Gasteiger partial charge in [-0.2, -0.15) is 0 Å². The Morgan fingerprint density at radius 1 is 0.986 bits per heavy atom. The molecule has 4 N–H and O–H groups in total. The van der Waals surface area contributed by atoms with Crippen LogP contribution in [0.4, 0.5) is 0 Å². The summed E-state index contributed by atoms with van der Waals surface area (Å²) in [5.41, 5.74) is 0.916. The van der Waals surface area contributed by atoms with Crippen molar-refractivity contribution in [3.8, 4) is 5.75 Å². The number of hydrogen-bond acceptors (Lipinski definition) is 15. The van der Waals surface area contributed by atoms with Gasteiger partial charge in [0.25, 0.3) is 5.91 Å². The van der Waals surface area contributed by atoms with Crippen molar-refractivity contribution in [2.24, 2.45) is 23.7 Å². The summed E-state index contributed by atoms with van der Waals surface area (Å²) in [6.07, 6.45) is 4.73. The van der Waals surface area contributed by atoms with E-state index in [9.17, 15) is 33.9 Å². The maximum Gasteiger partial charge on any atom is 0.307 e. The second kappa shape index (κ2) is 28.8. The largest absolute Gasteiger partial charge is 0.508 e. The van der Waals surface area contributed by atoms with Crippen molar-refractivity contribution >= 4 is 68.5 Å². The van der Waals surface area contributed by atoms with Crippen molar-refractivity contribution in [3.05, 3.63) is 70.3 Å². The molecule has 0 spiro atoms. The maximum absolute atomic E-state index is 14.9. The summed E-state index contributed by atoms with van der Waals surface area (Å²) in [7, 11) is 5.04. The van der Waals surface area contributed by atoms with Crippen LogP contribution < -0.4 is 16.0 Å². The number of hydrogen-bond donors (Lipinski definition) is 4. The highest BCUT2D eigenvalue weighted by molar-refractivity contribution is 8.76. The zero-order valence-corrected chi connectivity index (χ0v) is 44.1. The maximum atomic E-state index is 14.9. The number of nitrogens with zero attached hydrogens (tertiary/aromatic N) is 4. The number of likely N-dealkylation sites (tertiary alicyclic amines) is 1. The minimum absolute atomic E-state index is 0.0141. The molecule has 3 aromatic rings. The molecule has 16 nitrogen and oxygen atoms in total. The molecule has 19 heteroatoms. The first-order valence-corrected chi connectivity index (χ1v) is 27.2. The minimum atomic E-state index is -1.01. The highest BCUT2D eigenvalue weighted by atomic mass is 33.1. The molecule has 0 bridgehead atoms. The molecule has 2 aromatic heterocycles.